The van der Waals surface area contributed by atoms with Crippen molar-refractivity contribution in [2.75, 3.05) is 11.9 Å². The fourth-order valence-electron chi connectivity index (χ4n) is 3.51. The Morgan fingerprint density at radius 2 is 1.93 bits per heavy atom. The highest BCUT2D eigenvalue weighted by molar-refractivity contribution is 7.89. The molecule has 29 heavy (non-hydrogen) atoms. The van der Waals surface area contributed by atoms with Gasteiger partial charge in [0.1, 0.15) is 22.6 Å². The molecule has 2 heterocycles. The van der Waals surface area contributed by atoms with E-state index in [1.807, 2.05) is 0 Å². The predicted molar refractivity (Wildman–Crippen MR) is 104 cm³/mol. The summed E-state index contributed by atoms with van der Waals surface area (Å²) in [6.07, 6.45) is 2.29. The highest BCUT2D eigenvalue weighted by Crippen LogP contribution is 2.30. The molecule has 0 aliphatic carbocycles. The van der Waals surface area contributed by atoms with Crippen molar-refractivity contribution in [1.29, 1.82) is 0 Å². The highest BCUT2D eigenvalue weighted by atomic mass is 32.2. The van der Waals surface area contributed by atoms with E-state index in [0.29, 0.717) is 29.8 Å². The zero-order valence-corrected chi connectivity index (χ0v) is 16.0. The first-order chi connectivity index (χ1) is 13.9. The Bertz CT molecular complexity index is 1200. The molecule has 1 atom stereocenters. The number of carbonyl (C=O) groups excluding carboxylic acids is 1. The normalized spacial score (nSPS) is 17.5. The van der Waals surface area contributed by atoms with Crippen LogP contribution in [0.1, 0.15) is 12.8 Å². The number of nitrogens with one attached hydrogen (secondary N) is 1. The van der Waals surface area contributed by atoms with E-state index in [-0.39, 0.29) is 17.1 Å². The average Bonchev–Trinajstić information content (AvgIpc) is 3.20. The van der Waals surface area contributed by atoms with E-state index in [1.54, 1.807) is 24.3 Å². The number of hydrogen-bond acceptors (Lipinski definition) is 4. The van der Waals surface area contributed by atoms with E-state index >= 15 is 0 Å². The molecule has 9 heteroatoms. The molecule has 1 saturated heterocycles. The van der Waals surface area contributed by atoms with Gasteiger partial charge in [0.2, 0.25) is 15.9 Å². The van der Waals surface area contributed by atoms with Crippen LogP contribution in [0.5, 0.6) is 0 Å². The summed E-state index contributed by atoms with van der Waals surface area (Å²) in [7, 11) is -4.01. The van der Waals surface area contributed by atoms with Crippen molar-refractivity contribution in [2.45, 2.75) is 23.8 Å². The third-order valence-corrected chi connectivity index (χ3v) is 6.82. The molecule has 0 spiro atoms. The number of carbonyl (C=O) groups is 1. The van der Waals surface area contributed by atoms with Gasteiger partial charge in [-0.15, -0.1) is 0 Å². The van der Waals surface area contributed by atoms with E-state index in [1.165, 1.54) is 12.3 Å². The Labute approximate surface area is 166 Å². The largest absolute Gasteiger partial charge is 0.322 e. The first-order valence-electron chi connectivity index (χ1n) is 8.99. The lowest BCUT2D eigenvalue weighted by Gasteiger charge is -2.24. The molecule has 0 bridgehead atoms. The molecule has 0 saturated carbocycles. The summed E-state index contributed by atoms with van der Waals surface area (Å²) in [6, 6.07) is 10.1. The molecule has 1 aromatic heterocycles. The van der Waals surface area contributed by atoms with Crippen LogP contribution in [0.4, 0.5) is 14.5 Å². The van der Waals surface area contributed by atoms with E-state index in [4.69, 9.17) is 0 Å². The lowest BCUT2D eigenvalue weighted by atomic mass is 10.2. The van der Waals surface area contributed by atoms with E-state index in [9.17, 15) is 22.0 Å². The molecular formula is C20H17F2N3O3S. The Kier molecular flexibility index (Phi) is 5.01. The summed E-state index contributed by atoms with van der Waals surface area (Å²) in [4.78, 5) is 16.9. The predicted octanol–water partition coefficient (Wildman–Crippen LogP) is 3.30. The third kappa shape index (κ3) is 3.58. The molecule has 4 rings (SSSR count). The number of benzene rings is 2. The van der Waals surface area contributed by atoms with Crippen molar-refractivity contribution in [3.05, 3.63) is 66.4 Å². The fraction of sp³-hybridized carbons (Fsp3) is 0.200. The molecule has 1 aliphatic rings. The molecule has 150 valence electrons. The smallest absolute Gasteiger partial charge is 0.245 e. The second kappa shape index (κ2) is 7.49. The Morgan fingerprint density at radius 1 is 1.14 bits per heavy atom. The van der Waals surface area contributed by atoms with Crippen LogP contribution in [0.2, 0.25) is 0 Å². The van der Waals surface area contributed by atoms with Crippen LogP contribution >= 0.6 is 0 Å². The third-order valence-electron chi connectivity index (χ3n) is 4.88. The number of nitrogens with zero attached hydrogens (tertiary/aromatic N) is 2. The minimum Gasteiger partial charge on any atom is -0.322 e. The van der Waals surface area contributed by atoms with Crippen LogP contribution in [-0.2, 0) is 14.8 Å². The summed E-state index contributed by atoms with van der Waals surface area (Å²) >= 11 is 0. The quantitative estimate of drug-likeness (QED) is 0.707. The number of anilines is 1. The summed E-state index contributed by atoms with van der Waals surface area (Å²) < 4.78 is 54.7. The van der Waals surface area contributed by atoms with Crippen LogP contribution in [-0.4, -0.2) is 36.2 Å². The number of amides is 1. The maximum Gasteiger partial charge on any atom is 0.245 e. The molecule has 1 unspecified atom stereocenters. The minimum atomic E-state index is -4.01. The van der Waals surface area contributed by atoms with Gasteiger partial charge in [0.05, 0.1) is 11.2 Å². The number of halogens is 2. The maximum atomic E-state index is 13.9. The van der Waals surface area contributed by atoms with Crippen LogP contribution in [0, 0.1) is 11.6 Å². The molecule has 1 fully saturated rings. The monoisotopic (exact) mass is 417 g/mol. The van der Waals surface area contributed by atoms with Crippen LogP contribution < -0.4 is 5.32 Å². The summed E-state index contributed by atoms with van der Waals surface area (Å²) in [5.41, 5.74) is 0.123. The molecule has 0 radical (unpaired) electrons. The molecule has 1 aliphatic heterocycles. The van der Waals surface area contributed by atoms with Crippen molar-refractivity contribution >= 4 is 32.5 Å². The summed E-state index contributed by atoms with van der Waals surface area (Å²) in [6.45, 7) is 0.162. The first kappa shape index (κ1) is 19.4. The zero-order chi connectivity index (χ0) is 20.6. The lowest BCUT2D eigenvalue weighted by Crippen LogP contribution is -2.43. The average molecular weight is 417 g/mol. The Morgan fingerprint density at radius 3 is 2.72 bits per heavy atom. The topological polar surface area (TPSA) is 79.4 Å². The van der Waals surface area contributed by atoms with E-state index < -0.39 is 33.6 Å². The van der Waals surface area contributed by atoms with Gasteiger partial charge in [0, 0.05) is 24.2 Å². The van der Waals surface area contributed by atoms with E-state index in [2.05, 4.69) is 10.3 Å². The summed E-state index contributed by atoms with van der Waals surface area (Å²) in [5.74, 6) is -2.36. The van der Waals surface area contributed by atoms with Crippen molar-refractivity contribution in [3.63, 3.8) is 0 Å². The van der Waals surface area contributed by atoms with Crippen molar-refractivity contribution < 1.29 is 22.0 Å². The number of rotatable bonds is 4. The first-order valence-corrected chi connectivity index (χ1v) is 10.4. The maximum absolute atomic E-state index is 13.9. The lowest BCUT2D eigenvalue weighted by molar-refractivity contribution is -0.119. The molecule has 3 aromatic rings. The number of fused-ring (bicyclic) bond motifs is 1. The SMILES string of the molecule is O=C(Nc1ccc(F)cc1F)C1CCCN1S(=O)(=O)c1cccc2cccnc12. The molecule has 1 amide bonds. The Hall–Kier alpha value is -2.91. The van der Waals surface area contributed by atoms with Crippen LogP contribution in [0.15, 0.2) is 59.6 Å². The zero-order valence-electron chi connectivity index (χ0n) is 15.2. The van der Waals surface area contributed by atoms with Gasteiger partial charge in [-0.2, -0.15) is 4.31 Å². The van der Waals surface area contributed by atoms with Crippen molar-refractivity contribution in [3.8, 4) is 0 Å². The molecule has 1 N–H and O–H groups in total. The second-order valence-corrected chi connectivity index (χ2v) is 8.58. The number of pyridine rings is 1. The van der Waals surface area contributed by atoms with Crippen LogP contribution in [0.25, 0.3) is 10.9 Å². The number of sulfonamides is 1. The van der Waals surface area contributed by atoms with Gasteiger partial charge >= 0.3 is 0 Å². The van der Waals surface area contributed by atoms with Crippen molar-refractivity contribution in [1.82, 2.24) is 9.29 Å². The van der Waals surface area contributed by atoms with Crippen molar-refractivity contribution in [2.24, 2.45) is 0 Å². The van der Waals surface area contributed by atoms with Gasteiger partial charge in [-0.25, -0.2) is 17.2 Å². The minimum absolute atomic E-state index is 0.0169. The van der Waals surface area contributed by atoms with Gasteiger partial charge in [0.15, 0.2) is 0 Å². The summed E-state index contributed by atoms with van der Waals surface area (Å²) in [5, 5.41) is 3.04. The van der Waals surface area contributed by atoms with Crippen LogP contribution in [0.3, 0.4) is 0 Å². The Balaban J connectivity index is 1.66. The van der Waals surface area contributed by atoms with Gasteiger partial charge in [-0.05, 0) is 37.1 Å². The number of aromatic nitrogens is 1. The molecular weight excluding hydrogens is 400 g/mol. The van der Waals surface area contributed by atoms with E-state index in [0.717, 1.165) is 16.4 Å². The van der Waals surface area contributed by atoms with Gasteiger partial charge < -0.3 is 5.32 Å². The molecule has 2 aromatic carbocycles. The standard InChI is InChI=1S/C20H17F2N3O3S/c21-14-8-9-16(15(22)12-14)24-20(26)17-6-3-11-25(17)29(27,28)18-7-1-4-13-5-2-10-23-19(13)18/h1-2,4-5,7-10,12,17H,3,6,11H2,(H,24,26). The fourth-order valence-corrected chi connectivity index (χ4v) is 5.33. The van der Waals surface area contributed by atoms with Gasteiger partial charge in [-0.3, -0.25) is 9.78 Å². The second-order valence-electron chi connectivity index (χ2n) is 6.72. The highest BCUT2D eigenvalue weighted by Gasteiger charge is 2.40. The van der Waals surface area contributed by atoms with Gasteiger partial charge in [-0.1, -0.05) is 18.2 Å². The number of hydrogen-bond donors (Lipinski definition) is 1. The number of para-hydroxylation sites is 1. The van der Waals surface area contributed by atoms with Gasteiger partial charge in [0.25, 0.3) is 0 Å². The molecule has 6 nitrogen and oxygen atoms in total.